The van der Waals surface area contributed by atoms with Crippen LogP contribution in [-0.2, 0) is 0 Å². The van der Waals surface area contributed by atoms with E-state index in [1.54, 1.807) is 0 Å². The van der Waals surface area contributed by atoms with Crippen LogP contribution in [0.15, 0.2) is 36.4 Å². The molecule has 1 aromatic rings. The van der Waals surface area contributed by atoms with Crippen LogP contribution in [0.5, 0.6) is 5.75 Å². The Morgan fingerprint density at radius 2 is 1.89 bits per heavy atom. The van der Waals surface area contributed by atoms with E-state index < -0.39 is 0 Å². The van der Waals surface area contributed by atoms with Crippen molar-refractivity contribution in [3.63, 3.8) is 0 Å². The van der Waals surface area contributed by atoms with Gasteiger partial charge in [0.1, 0.15) is 5.75 Å². The monoisotopic (exact) mass is 261 g/mol. The van der Waals surface area contributed by atoms with Crippen LogP contribution in [0.2, 0.25) is 0 Å². The average molecular weight is 261 g/mol. The largest absolute Gasteiger partial charge is 0.494 e. The molecule has 0 spiro atoms. The summed E-state index contributed by atoms with van der Waals surface area (Å²) in [6.07, 6.45) is 3.40. The van der Waals surface area contributed by atoms with Crippen molar-refractivity contribution in [3.8, 4) is 5.75 Å². The van der Waals surface area contributed by atoms with Gasteiger partial charge in [-0.15, -0.1) is 0 Å². The van der Waals surface area contributed by atoms with Crippen LogP contribution in [-0.4, -0.2) is 13.2 Å². The molecule has 0 aromatic heterocycles. The number of hydrogen-bond acceptors (Lipinski definition) is 2. The number of benzene rings is 1. The third-order valence-electron chi connectivity index (χ3n) is 3.07. The molecule has 0 fully saturated rings. The lowest BCUT2D eigenvalue weighted by Crippen LogP contribution is -2.22. The molecule has 1 rings (SSSR count). The minimum Gasteiger partial charge on any atom is -0.494 e. The van der Waals surface area contributed by atoms with Gasteiger partial charge in [0.05, 0.1) is 12.6 Å². The fraction of sp³-hybridized carbons (Fsp3) is 0.529. The Morgan fingerprint density at radius 1 is 1.21 bits per heavy atom. The second-order valence-electron chi connectivity index (χ2n) is 5.00. The Hall–Kier alpha value is -1.28. The van der Waals surface area contributed by atoms with Gasteiger partial charge in [0.15, 0.2) is 0 Å². The van der Waals surface area contributed by atoms with E-state index in [4.69, 9.17) is 4.74 Å². The molecule has 2 nitrogen and oxygen atoms in total. The third-order valence-corrected chi connectivity index (χ3v) is 3.07. The van der Waals surface area contributed by atoms with Gasteiger partial charge >= 0.3 is 0 Å². The normalized spacial score (nSPS) is 12.2. The van der Waals surface area contributed by atoms with E-state index in [-0.39, 0.29) is 6.04 Å². The Morgan fingerprint density at radius 3 is 2.42 bits per heavy atom. The first-order chi connectivity index (χ1) is 9.19. The highest BCUT2D eigenvalue weighted by Gasteiger charge is 2.10. The van der Waals surface area contributed by atoms with Crippen LogP contribution in [0.4, 0.5) is 0 Å². The quantitative estimate of drug-likeness (QED) is 0.522. The molecule has 1 N–H and O–H groups in total. The number of ether oxygens (including phenoxy) is 1. The highest BCUT2D eigenvalue weighted by Crippen LogP contribution is 2.22. The van der Waals surface area contributed by atoms with Crippen molar-refractivity contribution in [2.24, 2.45) is 0 Å². The minimum absolute atomic E-state index is 0.240. The van der Waals surface area contributed by atoms with Crippen molar-refractivity contribution in [1.29, 1.82) is 0 Å². The van der Waals surface area contributed by atoms with Crippen molar-refractivity contribution in [3.05, 3.63) is 42.0 Å². The molecule has 0 amide bonds. The fourth-order valence-corrected chi connectivity index (χ4v) is 1.96. The first-order valence-corrected chi connectivity index (χ1v) is 7.30. The van der Waals surface area contributed by atoms with Crippen LogP contribution >= 0.6 is 0 Å². The van der Waals surface area contributed by atoms with Gasteiger partial charge in [-0.05, 0) is 44.0 Å². The molecule has 0 bridgehead atoms. The zero-order valence-electron chi connectivity index (χ0n) is 12.5. The van der Waals surface area contributed by atoms with E-state index in [1.807, 2.05) is 0 Å². The number of rotatable bonds is 9. The van der Waals surface area contributed by atoms with Gasteiger partial charge in [-0.3, -0.25) is 0 Å². The standard InChI is InChI=1S/C17H27NO/c1-5-7-13-19-16-10-8-15(9-11-16)17(14(3)4)18-12-6-2/h8-11,17-18H,3,5-7,12-13H2,1-2,4H3. The SMILES string of the molecule is C=C(C)C(NCCC)c1ccc(OCCCC)cc1. The van der Waals surface area contributed by atoms with E-state index in [1.165, 1.54) is 5.56 Å². The Balaban J connectivity index is 2.63. The third kappa shape index (κ3) is 5.48. The summed E-state index contributed by atoms with van der Waals surface area (Å²) in [6.45, 7) is 12.3. The molecular formula is C17H27NO. The summed E-state index contributed by atoms with van der Waals surface area (Å²) in [6, 6.07) is 8.60. The fourth-order valence-electron chi connectivity index (χ4n) is 1.96. The number of nitrogens with one attached hydrogen (secondary N) is 1. The average Bonchev–Trinajstić information content (AvgIpc) is 2.41. The Labute approximate surface area is 117 Å². The minimum atomic E-state index is 0.240. The molecule has 2 heteroatoms. The van der Waals surface area contributed by atoms with Gasteiger partial charge in [-0.1, -0.05) is 44.6 Å². The van der Waals surface area contributed by atoms with Crippen LogP contribution in [0, 0.1) is 0 Å². The first kappa shape index (κ1) is 15.8. The molecule has 1 atom stereocenters. The van der Waals surface area contributed by atoms with E-state index in [0.29, 0.717) is 0 Å². The van der Waals surface area contributed by atoms with Crippen LogP contribution in [0.25, 0.3) is 0 Å². The van der Waals surface area contributed by atoms with E-state index in [0.717, 1.165) is 43.7 Å². The highest BCUT2D eigenvalue weighted by atomic mass is 16.5. The molecule has 0 heterocycles. The van der Waals surface area contributed by atoms with Gasteiger partial charge in [-0.2, -0.15) is 0 Å². The lowest BCUT2D eigenvalue weighted by Gasteiger charge is -2.19. The van der Waals surface area contributed by atoms with Gasteiger partial charge < -0.3 is 10.1 Å². The predicted octanol–water partition coefficient (Wildman–Crippen LogP) is 4.48. The number of unbranched alkanes of at least 4 members (excludes halogenated alkanes) is 1. The maximum atomic E-state index is 5.68. The Bertz CT molecular complexity index is 369. The van der Waals surface area contributed by atoms with Crippen LogP contribution in [0.1, 0.15) is 51.6 Å². The highest BCUT2D eigenvalue weighted by molar-refractivity contribution is 5.32. The molecule has 19 heavy (non-hydrogen) atoms. The van der Waals surface area contributed by atoms with Crippen molar-refractivity contribution in [1.82, 2.24) is 5.32 Å². The zero-order valence-corrected chi connectivity index (χ0v) is 12.5. The molecule has 0 saturated carbocycles. The predicted molar refractivity (Wildman–Crippen MR) is 82.7 cm³/mol. The van der Waals surface area contributed by atoms with Crippen molar-refractivity contribution in [2.45, 2.75) is 46.1 Å². The maximum absolute atomic E-state index is 5.68. The lowest BCUT2D eigenvalue weighted by molar-refractivity contribution is 0.309. The summed E-state index contributed by atoms with van der Waals surface area (Å²) in [5.74, 6) is 0.952. The molecule has 0 saturated heterocycles. The zero-order chi connectivity index (χ0) is 14.1. The molecule has 1 aromatic carbocycles. The molecular weight excluding hydrogens is 234 g/mol. The number of hydrogen-bond donors (Lipinski definition) is 1. The van der Waals surface area contributed by atoms with Crippen molar-refractivity contribution < 1.29 is 4.74 Å². The molecule has 0 aliphatic rings. The van der Waals surface area contributed by atoms with Gasteiger partial charge in [0.2, 0.25) is 0 Å². The molecule has 1 unspecified atom stereocenters. The van der Waals surface area contributed by atoms with Crippen LogP contribution < -0.4 is 10.1 Å². The summed E-state index contributed by atoms with van der Waals surface area (Å²) in [7, 11) is 0. The second-order valence-corrected chi connectivity index (χ2v) is 5.00. The maximum Gasteiger partial charge on any atom is 0.119 e. The van der Waals surface area contributed by atoms with E-state index >= 15 is 0 Å². The van der Waals surface area contributed by atoms with Gasteiger partial charge in [0, 0.05) is 0 Å². The smallest absolute Gasteiger partial charge is 0.119 e. The Kier molecular flexibility index (Phi) is 7.27. The summed E-state index contributed by atoms with van der Waals surface area (Å²) >= 11 is 0. The van der Waals surface area contributed by atoms with Gasteiger partial charge in [0.25, 0.3) is 0 Å². The second kappa shape index (κ2) is 8.76. The summed E-state index contributed by atoms with van der Waals surface area (Å²) in [5.41, 5.74) is 2.40. The molecule has 0 aliphatic heterocycles. The first-order valence-electron chi connectivity index (χ1n) is 7.30. The van der Waals surface area contributed by atoms with Gasteiger partial charge in [-0.25, -0.2) is 0 Å². The topological polar surface area (TPSA) is 21.3 Å². The summed E-state index contributed by atoms with van der Waals surface area (Å²) in [4.78, 5) is 0. The molecule has 0 aliphatic carbocycles. The van der Waals surface area contributed by atoms with E-state index in [2.05, 4.69) is 56.9 Å². The van der Waals surface area contributed by atoms with Crippen molar-refractivity contribution in [2.75, 3.05) is 13.2 Å². The summed E-state index contributed by atoms with van der Waals surface area (Å²) in [5, 5.41) is 3.52. The van der Waals surface area contributed by atoms with Crippen LogP contribution in [0.3, 0.4) is 0 Å². The molecule has 0 radical (unpaired) electrons. The lowest BCUT2D eigenvalue weighted by atomic mass is 10.0. The van der Waals surface area contributed by atoms with Crippen molar-refractivity contribution >= 4 is 0 Å². The summed E-state index contributed by atoms with van der Waals surface area (Å²) < 4.78 is 5.68. The van der Waals surface area contributed by atoms with E-state index in [9.17, 15) is 0 Å². The molecule has 106 valence electrons.